The minimum atomic E-state index is -0.688. The summed E-state index contributed by atoms with van der Waals surface area (Å²) in [5.41, 5.74) is 0.295. The van der Waals surface area contributed by atoms with E-state index in [0.717, 1.165) is 37.8 Å². The highest BCUT2D eigenvalue weighted by Gasteiger charge is 2.25. The lowest BCUT2D eigenvalue weighted by molar-refractivity contribution is 0.0490. The van der Waals surface area contributed by atoms with E-state index in [0.29, 0.717) is 11.0 Å². The number of carbonyl (C=O) groups is 1. The molecule has 2 rings (SSSR count). The third kappa shape index (κ3) is 10.7. The molecule has 0 bridgehead atoms. The van der Waals surface area contributed by atoms with Gasteiger partial charge in [-0.1, -0.05) is 23.7 Å². The molecule has 4 N–H and O–H groups in total. The fraction of sp³-hybridized carbons (Fsp3) is 0.636. The van der Waals surface area contributed by atoms with E-state index in [2.05, 4.69) is 20.9 Å². The topological polar surface area (TPSA) is 95.0 Å². The first-order valence-corrected chi connectivity index (χ1v) is 11.0. The number of carbonyl (C=O) groups excluding carboxylic acids is 1. The highest BCUT2D eigenvalue weighted by molar-refractivity contribution is 14.0. The molecule has 0 heterocycles. The summed E-state index contributed by atoms with van der Waals surface area (Å²) in [6.07, 6.45) is 2.55. The summed E-state index contributed by atoms with van der Waals surface area (Å²) in [6, 6.07) is 7.54. The number of aliphatic hydroxyl groups excluding tert-OH is 1. The van der Waals surface area contributed by atoms with Crippen molar-refractivity contribution in [2.45, 2.75) is 77.2 Å². The standard InChI is InChI=1S/C22H35ClN4O3.HI/c1-5-24-20(25-14-19(28)15-6-8-16(23)9-7-15)26-17-10-12-18(13-11-17)27-21(29)30-22(2,3)4;/h6-9,17-19,28H,5,10-14H2,1-4H3,(H,27,29)(H2,24,25,26);1H. The van der Waals surface area contributed by atoms with Crippen LogP contribution in [0, 0.1) is 0 Å². The van der Waals surface area contributed by atoms with Crippen LogP contribution in [0.15, 0.2) is 29.3 Å². The maximum absolute atomic E-state index is 11.9. The van der Waals surface area contributed by atoms with Gasteiger partial charge in [0, 0.05) is 23.7 Å². The molecule has 1 aromatic carbocycles. The van der Waals surface area contributed by atoms with Crippen LogP contribution in [0.5, 0.6) is 0 Å². The Morgan fingerprint density at radius 3 is 2.23 bits per heavy atom. The van der Waals surface area contributed by atoms with E-state index in [1.807, 2.05) is 39.8 Å². The Bertz CT molecular complexity index is 702. The predicted octanol–water partition coefficient (Wildman–Crippen LogP) is 4.38. The molecular weight excluding hydrogens is 531 g/mol. The molecule has 0 spiro atoms. The number of benzene rings is 1. The number of halogens is 2. The lowest BCUT2D eigenvalue weighted by Crippen LogP contribution is -2.48. The lowest BCUT2D eigenvalue weighted by atomic mass is 9.91. The Labute approximate surface area is 207 Å². The number of nitrogens with zero attached hydrogens (tertiary/aromatic N) is 1. The van der Waals surface area contributed by atoms with Gasteiger partial charge < -0.3 is 25.8 Å². The maximum atomic E-state index is 11.9. The second-order valence-corrected chi connectivity index (χ2v) is 9.06. The van der Waals surface area contributed by atoms with E-state index >= 15 is 0 Å². The van der Waals surface area contributed by atoms with Gasteiger partial charge in [-0.2, -0.15) is 0 Å². The molecule has 1 fully saturated rings. The Morgan fingerprint density at radius 2 is 1.71 bits per heavy atom. The summed E-state index contributed by atoms with van der Waals surface area (Å²) < 4.78 is 5.34. The van der Waals surface area contributed by atoms with Crippen molar-refractivity contribution >= 4 is 47.6 Å². The molecule has 31 heavy (non-hydrogen) atoms. The van der Waals surface area contributed by atoms with E-state index < -0.39 is 11.7 Å². The van der Waals surface area contributed by atoms with Crippen LogP contribution >= 0.6 is 35.6 Å². The van der Waals surface area contributed by atoms with Gasteiger partial charge in [0.2, 0.25) is 0 Å². The lowest BCUT2D eigenvalue weighted by Gasteiger charge is -2.31. The van der Waals surface area contributed by atoms with Crippen molar-refractivity contribution in [1.82, 2.24) is 16.0 Å². The van der Waals surface area contributed by atoms with Crippen LogP contribution in [0.2, 0.25) is 5.02 Å². The second-order valence-electron chi connectivity index (χ2n) is 8.63. The Hall–Kier alpha value is -1.26. The quantitative estimate of drug-likeness (QED) is 0.233. The average Bonchev–Trinajstić information content (AvgIpc) is 2.66. The monoisotopic (exact) mass is 566 g/mol. The summed E-state index contributed by atoms with van der Waals surface area (Å²) >= 11 is 5.90. The van der Waals surface area contributed by atoms with Crippen molar-refractivity contribution in [3.63, 3.8) is 0 Å². The van der Waals surface area contributed by atoms with E-state index in [9.17, 15) is 9.90 Å². The number of aliphatic imine (C=N–C) groups is 1. The van der Waals surface area contributed by atoms with Crippen LogP contribution in [0.1, 0.15) is 65.0 Å². The summed E-state index contributed by atoms with van der Waals surface area (Å²) in [7, 11) is 0. The third-order valence-corrected chi connectivity index (χ3v) is 5.06. The molecule has 0 aromatic heterocycles. The van der Waals surface area contributed by atoms with Gasteiger partial charge in [-0.3, -0.25) is 4.99 Å². The molecule has 176 valence electrons. The first-order valence-electron chi connectivity index (χ1n) is 10.6. The molecule has 9 heteroatoms. The molecule has 1 unspecified atom stereocenters. The maximum Gasteiger partial charge on any atom is 0.407 e. The van der Waals surface area contributed by atoms with Crippen LogP contribution in [0.3, 0.4) is 0 Å². The molecule has 0 radical (unpaired) electrons. The number of ether oxygens (including phenoxy) is 1. The molecule has 1 saturated carbocycles. The van der Waals surface area contributed by atoms with Crippen molar-refractivity contribution < 1.29 is 14.6 Å². The molecule has 1 aliphatic rings. The van der Waals surface area contributed by atoms with E-state index in [-0.39, 0.29) is 48.7 Å². The van der Waals surface area contributed by atoms with Gasteiger partial charge in [-0.05, 0) is 71.1 Å². The van der Waals surface area contributed by atoms with Gasteiger partial charge in [0.1, 0.15) is 5.60 Å². The van der Waals surface area contributed by atoms with Crippen LogP contribution in [0.25, 0.3) is 0 Å². The number of guanidine groups is 1. The number of hydrogen-bond acceptors (Lipinski definition) is 4. The third-order valence-electron chi connectivity index (χ3n) is 4.81. The normalized spacial score (nSPS) is 20.3. The van der Waals surface area contributed by atoms with Gasteiger partial charge in [-0.15, -0.1) is 24.0 Å². The van der Waals surface area contributed by atoms with Crippen LogP contribution in [-0.2, 0) is 4.74 Å². The number of aliphatic hydroxyl groups is 1. The van der Waals surface area contributed by atoms with Crippen LogP contribution in [-0.4, -0.2) is 47.9 Å². The molecule has 1 aliphatic carbocycles. The minimum Gasteiger partial charge on any atom is -0.444 e. The first-order chi connectivity index (χ1) is 14.2. The summed E-state index contributed by atoms with van der Waals surface area (Å²) in [5.74, 6) is 0.689. The number of alkyl carbamates (subject to hydrolysis) is 1. The zero-order chi connectivity index (χ0) is 22.1. The number of rotatable bonds is 6. The summed E-state index contributed by atoms with van der Waals surface area (Å²) in [4.78, 5) is 16.5. The smallest absolute Gasteiger partial charge is 0.407 e. The number of amides is 1. The molecular formula is C22H36ClIN4O3. The molecule has 0 aliphatic heterocycles. The predicted molar refractivity (Wildman–Crippen MR) is 136 cm³/mol. The number of hydrogen-bond donors (Lipinski definition) is 4. The van der Waals surface area contributed by atoms with E-state index in [1.165, 1.54) is 0 Å². The Balaban J connectivity index is 0.00000480. The highest BCUT2D eigenvalue weighted by atomic mass is 127. The second kappa shape index (κ2) is 13.3. The van der Waals surface area contributed by atoms with E-state index in [4.69, 9.17) is 16.3 Å². The van der Waals surface area contributed by atoms with Gasteiger partial charge in [0.05, 0.1) is 12.6 Å². The van der Waals surface area contributed by atoms with Gasteiger partial charge in [0.15, 0.2) is 5.96 Å². The van der Waals surface area contributed by atoms with Crippen molar-refractivity contribution in [2.24, 2.45) is 4.99 Å². The summed E-state index contributed by atoms with van der Waals surface area (Å²) in [5, 5.41) is 20.7. The average molecular weight is 567 g/mol. The molecule has 0 saturated heterocycles. The van der Waals surface area contributed by atoms with Gasteiger partial charge >= 0.3 is 6.09 Å². The van der Waals surface area contributed by atoms with Gasteiger partial charge in [0.25, 0.3) is 0 Å². The van der Waals surface area contributed by atoms with Crippen molar-refractivity contribution in [3.05, 3.63) is 34.9 Å². The largest absolute Gasteiger partial charge is 0.444 e. The van der Waals surface area contributed by atoms with Crippen LogP contribution < -0.4 is 16.0 Å². The first kappa shape index (κ1) is 27.8. The van der Waals surface area contributed by atoms with Crippen molar-refractivity contribution in [3.8, 4) is 0 Å². The fourth-order valence-electron chi connectivity index (χ4n) is 3.34. The molecule has 1 amide bonds. The highest BCUT2D eigenvalue weighted by Crippen LogP contribution is 2.20. The SMILES string of the molecule is CCNC(=NCC(O)c1ccc(Cl)cc1)NC1CCC(NC(=O)OC(C)(C)C)CC1.I. The van der Waals surface area contributed by atoms with Gasteiger partial charge in [-0.25, -0.2) is 4.79 Å². The van der Waals surface area contributed by atoms with Crippen molar-refractivity contribution in [2.75, 3.05) is 13.1 Å². The Kier molecular flexibility index (Phi) is 11.9. The molecule has 7 nitrogen and oxygen atoms in total. The van der Waals surface area contributed by atoms with Crippen molar-refractivity contribution in [1.29, 1.82) is 0 Å². The molecule has 1 atom stereocenters. The van der Waals surface area contributed by atoms with Crippen LogP contribution in [0.4, 0.5) is 4.79 Å². The fourth-order valence-corrected chi connectivity index (χ4v) is 3.46. The summed E-state index contributed by atoms with van der Waals surface area (Å²) in [6.45, 7) is 8.58. The minimum absolute atomic E-state index is 0. The molecule has 1 aromatic rings. The van der Waals surface area contributed by atoms with E-state index in [1.54, 1.807) is 12.1 Å². The zero-order valence-electron chi connectivity index (χ0n) is 18.8. The Morgan fingerprint density at radius 1 is 1.16 bits per heavy atom. The zero-order valence-corrected chi connectivity index (χ0v) is 21.9. The number of nitrogens with one attached hydrogen (secondary N) is 3.